The van der Waals surface area contributed by atoms with Crippen LogP contribution in [0.25, 0.3) is 11.1 Å². The molecule has 0 unspecified atom stereocenters. The average Bonchev–Trinajstić information content (AvgIpc) is 2.99. The second-order valence-electron chi connectivity index (χ2n) is 9.19. The maximum atomic E-state index is 12.9. The van der Waals surface area contributed by atoms with E-state index in [0.717, 1.165) is 11.1 Å². The van der Waals surface area contributed by atoms with Crippen molar-refractivity contribution in [2.45, 2.75) is 25.0 Å². The Kier molecular flexibility index (Phi) is 9.69. The van der Waals surface area contributed by atoms with Gasteiger partial charge in [-0.2, -0.15) is 4.99 Å². The highest BCUT2D eigenvalue weighted by Crippen LogP contribution is 2.28. The molecule has 216 valence electrons. The molecule has 0 heterocycles. The van der Waals surface area contributed by atoms with Crippen molar-refractivity contribution >= 4 is 28.0 Å². The number of amides is 2. The molecule has 2 amide bonds. The number of carbonyl (C=O) groups is 2. The molecule has 0 aliphatic heterocycles. The monoisotopic (exact) mass is 586 g/mol. The van der Waals surface area contributed by atoms with Gasteiger partial charge >= 0.3 is 12.2 Å². The summed E-state index contributed by atoms with van der Waals surface area (Å²) in [5.41, 5.74) is 9.18. The molecule has 0 saturated carbocycles. The zero-order chi connectivity index (χ0) is 30.1. The summed E-state index contributed by atoms with van der Waals surface area (Å²) in [5.74, 6) is 0.277. The Morgan fingerprint density at radius 2 is 1.52 bits per heavy atom. The second-order valence-corrected chi connectivity index (χ2v) is 10.7. The number of rotatable bonds is 9. The molecule has 4 aromatic rings. The second kappa shape index (κ2) is 13.6. The van der Waals surface area contributed by atoms with E-state index in [9.17, 15) is 18.0 Å². The van der Waals surface area contributed by atoms with Crippen LogP contribution in [0, 0.1) is 0 Å². The highest BCUT2D eigenvalue weighted by atomic mass is 32.2. The molecule has 0 fully saturated rings. The normalized spacial score (nSPS) is 11.5. The summed E-state index contributed by atoms with van der Waals surface area (Å²) in [5, 5.41) is 5.35. The molecule has 4 aromatic carbocycles. The molecule has 0 atom stereocenters. The first kappa shape index (κ1) is 30.0. The lowest BCUT2D eigenvalue weighted by Crippen LogP contribution is -2.33. The van der Waals surface area contributed by atoms with Crippen molar-refractivity contribution in [3.05, 3.63) is 120 Å². The van der Waals surface area contributed by atoms with E-state index in [0.29, 0.717) is 23.2 Å². The molecule has 0 radical (unpaired) electrons. The third-order valence-electron chi connectivity index (χ3n) is 6.22. The number of hydrogen-bond acceptors (Lipinski definition) is 6. The maximum Gasteiger partial charge on any atom is 0.435 e. The lowest BCUT2D eigenvalue weighted by Gasteiger charge is -2.20. The van der Waals surface area contributed by atoms with Crippen LogP contribution in [0.4, 0.5) is 9.59 Å². The van der Waals surface area contributed by atoms with E-state index in [1.165, 1.54) is 11.0 Å². The summed E-state index contributed by atoms with van der Waals surface area (Å²) >= 11 is 0. The van der Waals surface area contributed by atoms with E-state index in [2.05, 4.69) is 4.99 Å². The van der Waals surface area contributed by atoms with Crippen LogP contribution in [0.2, 0.25) is 0 Å². The summed E-state index contributed by atoms with van der Waals surface area (Å²) in [4.78, 5) is 30.4. The van der Waals surface area contributed by atoms with Gasteiger partial charge < -0.3 is 20.1 Å². The Morgan fingerprint density at radius 3 is 2.21 bits per heavy atom. The third-order valence-corrected chi connectivity index (χ3v) is 7.19. The lowest BCUT2D eigenvalue weighted by molar-refractivity contribution is 0.150. The van der Waals surface area contributed by atoms with Crippen molar-refractivity contribution in [2.24, 2.45) is 15.9 Å². The van der Waals surface area contributed by atoms with Gasteiger partial charge in [0.1, 0.15) is 18.2 Å². The smallest absolute Gasteiger partial charge is 0.435 e. The predicted octanol–water partition coefficient (Wildman–Crippen LogP) is 5.06. The van der Waals surface area contributed by atoms with E-state index in [1.54, 1.807) is 60.7 Å². The largest absolute Gasteiger partial charge is 0.443 e. The molecule has 10 nitrogen and oxygen atoms in total. The molecule has 42 heavy (non-hydrogen) atoms. The van der Waals surface area contributed by atoms with Gasteiger partial charge in [-0.05, 0) is 47.9 Å². The first-order valence-corrected chi connectivity index (χ1v) is 14.5. The van der Waals surface area contributed by atoms with Gasteiger partial charge in [-0.3, -0.25) is 0 Å². The Balaban J connectivity index is 1.39. The number of carbonyl (C=O) groups excluding carboxylic acids is 2. The average molecular weight is 587 g/mol. The van der Waals surface area contributed by atoms with Gasteiger partial charge in [0.15, 0.2) is 0 Å². The Hall–Kier alpha value is -5.00. The highest BCUT2D eigenvalue weighted by Gasteiger charge is 2.17. The first-order chi connectivity index (χ1) is 20.1. The highest BCUT2D eigenvalue weighted by molar-refractivity contribution is 7.89. The van der Waals surface area contributed by atoms with E-state index in [1.807, 2.05) is 43.3 Å². The third kappa shape index (κ3) is 8.03. The Labute approximate surface area is 244 Å². The van der Waals surface area contributed by atoms with Crippen molar-refractivity contribution in [1.29, 1.82) is 0 Å². The fraction of sp³-hybridized carbons (Fsp3) is 0.129. The fourth-order valence-electron chi connectivity index (χ4n) is 4.09. The summed E-state index contributed by atoms with van der Waals surface area (Å²) < 4.78 is 34.6. The molecule has 0 aliphatic rings. The zero-order valence-electron chi connectivity index (χ0n) is 22.8. The van der Waals surface area contributed by atoms with Crippen LogP contribution in [0.15, 0.2) is 113 Å². The van der Waals surface area contributed by atoms with Gasteiger partial charge in [0.2, 0.25) is 10.0 Å². The topological polar surface area (TPSA) is 154 Å². The van der Waals surface area contributed by atoms with E-state index < -0.39 is 22.2 Å². The first-order valence-electron chi connectivity index (χ1n) is 13.0. The molecular weight excluding hydrogens is 556 g/mol. The van der Waals surface area contributed by atoms with Crippen LogP contribution in [0.5, 0.6) is 5.75 Å². The van der Waals surface area contributed by atoms with Gasteiger partial charge in [-0.1, -0.05) is 78.9 Å². The van der Waals surface area contributed by atoms with Gasteiger partial charge in [-0.25, -0.2) is 23.1 Å². The van der Waals surface area contributed by atoms with E-state index in [4.69, 9.17) is 20.3 Å². The SMILES string of the molecule is CCN(Cc1cccc(C(N)=NC(=O)OCc2ccccc2)c1)C(=O)Oc1ccc(-c2ccccc2S(N)(=O)=O)cc1. The Bertz CT molecular complexity index is 1690. The summed E-state index contributed by atoms with van der Waals surface area (Å²) in [7, 11) is -3.91. The predicted molar refractivity (Wildman–Crippen MR) is 159 cm³/mol. The summed E-state index contributed by atoms with van der Waals surface area (Å²) in [6, 6.07) is 29.1. The van der Waals surface area contributed by atoms with E-state index in [-0.39, 0.29) is 29.6 Å². The van der Waals surface area contributed by atoms with Crippen LogP contribution >= 0.6 is 0 Å². The van der Waals surface area contributed by atoms with Crippen molar-refractivity contribution in [2.75, 3.05) is 6.54 Å². The Morgan fingerprint density at radius 1 is 0.857 bits per heavy atom. The number of ether oxygens (including phenoxy) is 2. The number of nitrogens with two attached hydrogens (primary N) is 2. The minimum Gasteiger partial charge on any atom is -0.443 e. The number of aliphatic imine (C=N–C) groups is 1. The van der Waals surface area contributed by atoms with Gasteiger partial charge in [0.25, 0.3) is 0 Å². The van der Waals surface area contributed by atoms with Crippen LogP contribution < -0.4 is 15.6 Å². The van der Waals surface area contributed by atoms with Gasteiger partial charge in [-0.15, -0.1) is 0 Å². The number of benzene rings is 4. The number of primary sulfonamides is 1. The van der Waals surface area contributed by atoms with Gasteiger partial charge in [0.05, 0.1) is 4.90 Å². The number of hydrogen-bond donors (Lipinski definition) is 2. The summed E-state index contributed by atoms with van der Waals surface area (Å²) in [6.45, 7) is 2.47. The van der Waals surface area contributed by atoms with Crippen molar-refractivity contribution in [3.63, 3.8) is 0 Å². The fourth-order valence-corrected chi connectivity index (χ4v) is 4.85. The maximum absolute atomic E-state index is 12.9. The quantitative estimate of drug-likeness (QED) is 0.205. The van der Waals surface area contributed by atoms with Crippen LogP contribution in [0.3, 0.4) is 0 Å². The zero-order valence-corrected chi connectivity index (χ0v) is 23.7. The molecule has 4 N–H and O–H groups in total. The van der Waals surface area contributed by atoms with Crippen LogP contribution in [0.1, 0.15) is 23.6 Å². The van der Waals surface area contributed by atoms with Gasteiger partial charge in [0, 0.05) is 24.2 Å². The van der Waals surface area contributed by atoms with Crippen LogP contribution in [-0.4, -0.2) is 37.9 Å². The minimum atomic E-state index is -3.91. The molecule has 0 aliphatic carbocycles. The van der Waals surface area contributed by atoms with Crippen molar-refractivity contribution in [1.82, 2.24) is 4.90 Å². The minimum absolute atomic E-state index is 0.00360. The number of sulfonamides is 1. The van der Waals surface area contributed by atoms with Crippen molar-refractivity contribution in [3.8, 4) is 16.9 Å². The van der Waals surface area contributed by atoms with Crippen molar-refractivity contribution < 1.29 is 27.5 Å². The molecule has 0 bridgehead atoms. The lowest BCUT2D eigenvalue weighted by atomic mass is 10.1. The number of nitrogens with zero attached hydrogens (tertiary/aromatic N) is 2. The molecule has 4 rings (SSSR count). The van der Waals surface area contributed by atoms with E-state index >= 15 is 0 Å². The molecule has 0 spiro atoms. The van der Waals surface area contributed by atoms with Crippen LogP contribution in [-0.2, 0) is 27.9 Å². The standard InChI is InChI=1S/C31H30N4O6S/c1-2-35(31(37)41-26-17-15-24(16-18-26)27-13-6-7-14-28(27)42(33,38)39)20-23-11-8-12-25(19-23)29(32)34-30(36)40-21-22-9-4-3-5-10-22/h3-19H,2,20-21H2,1H3,(H2,32,34,36)(H2,33,38,39). The molecule has 0 saturated heterocycles. The molecular formula is C31H30N4O6S. The summed E-state index contributed by atoms with van der Waals surface area (Å²) in [6.07, 6.45) is -1.38. The molecule has 0 aromatic heterocycles. The number of amidine groups is 1. The molecule has 11 heteroatoms.